The molecule has 4 aromatic rings. The van der Waals surface area contributed by atoms with Crippen molar-refractivity contribution in [3.05, 3.63) is 113 Å². The minimum absolute atomic E-state index is 0.0381. The summed E-state index contributed by atoms with van der Waals surface area (Å²) in [6.45, 7) is 8.94. The number of aromatic nitrogens is 2. The number of amides is 1. The number of para-hydroxylation sites is 1. The SMILES string of the molecule is Cc1cccc(NC(=O)CCN2C(=S)NC(c3ccccn3)C2c2cc(C)n(-c3ccccc3C)c2C)c1. The van der Waals surface area contributed by atoms with Crippen molar-refractivity contribution in [2.45, 2.75) is 46.2 Å². The molecule has 0 bridgehead atoms. The van der Waals surface area contributed by atoms with Crippen LogP contribution in [0, 0.1) is 27.7 Å². The van der Waals surface area contributed by atoms with Crippen molar-refractivity contribution in [3.8, 4) is 5.69 Å². The number of hydrogen-bond donors (Lipinski definition) is 2. The van der Waals surface area contributed by atoms with Gasteiger partial charge in [-0.3, -0.25) is 9.78 Å². The fourth-order valence-corrected chi connectivity index (χ4v) is 5.76. The minimum atomic E-state index is -0.130. The topological polar surface area (TPSA) is 62.2 Å². The maximum absolute atomic E-state index is 12.9. The number of carbonyl (C=O) groups is 1. The molecule has 1 aliphatic rings. The van der Waals surface area contributed by atoms with Crippen molar-refractivity contribution in [3.63, 3.8) is 0 Å². The van der Waals surface area contributed by atoms with Crippen LogP contribution in [0.1, 0.15) is 52.3 Å². The van der Waals surface area contributed by atoms with E-state index >= 15 is 0 Å². The molecule has 1 aliphatic heterocycles. The van der Waals surface area contributed by atoms with Gasteiger partial charge in [-0.15, -0.1) is 0 Å². The van der Waals surface area contributed by atoms with Crippen molar-refractivity contribution < 1.29 is 4.79 Å². The highest BCUT2D eigenvalue weighted by Gasteiger charge is 2.41. The zero-order chi connectivity index (χ0) is 26.8. The Labute approximate surface area is 229 Å². The first-order chi connectivity index (χ1) is 18.3. The molecule has 0 radical (unpaired) electrons. The van der Waals surface area contributed by atoms with E-state index in [-0.39, 0.29) is 18.0 Å². The largest absolute Gasteiger partial charge is 0.352 e. The molecule has 2 aromatic heterocycles. The van der Waals surface area contributed by atoms with E-state index in [1.54, 1.807) is 0 Å². The zero-order valence-corrected chi connectivity index (χ0v) is 23.0. The molecule has 1 amide bonds. The quantitative estimate of drug-likeness (QED) is 0.286. The predicted octanol–water partition coefficient (Wildman–Crippen LogP) is 6.11. The van der Waals surface area contributed by atoms with E-state index in [2.05, 4.69) is 76.2 Å². The van der Waals surface area contributed by atoms with Crippen LogP contribution < -0.4 is 10.6 Å². The van der Waals surface area contributed by atoms with Crippen LogP contribution in [0.15, 0.2) is 79.0 Å². The van der Waals surface area contributed by atoms with Gasteiger partial charge in [0.15, 0.2) is 5.11 Å². The van der Waals surface area contributed by atoms with Crippen LogP contribution in [0.4, 0.5) is 5.69 Å². The second-order valence-corrected chi connectivity index (χ2v) is 10.3. The number of nitrogens with one attached hydrogen (secondary N) is 2. The molecular weight excluding hydrogens is 490 g/mol. The van der Waals surface area contributed by atoms with Crippen molar-refractivity contribution in [1.82, 2.24) is 19.8 Å². The van der Waals surface area contributed by atoms with Crippen LogP contribution in [-0.2, 0) is 4.79 Å². The number of pyridine rings is 1. The van der Waals surface area contributed by atoms with Gasteiger partial charge in [0.05, 0.1) is 17.8 Å². The maximum atomic E-state index is 12.9. The van der Waals surface area contributed by atoms with Gasteiger partial charge < -0.3 is 20.1 Å². The number of aryl methyl sites for hydroxylation is 3. The van der Waals surface area contributed by atoms with Gasteiger partial charge in [0.1, 0.15) is 0 Å². The normalized spacial score (nSPS) is 16.9. The van der Waals surface area contributed by atoms with Gasteiger partial charge in [-0.1, -0.05) is 36.4 Å². The van der Waals surface area contributed by atoms with Crippen molar-refractivity contribution in [2.24, 2.45) is 0 Å². The molecular formula is C31H33N5OS. The number of anilines is 1. The van der Waals surface area contributed by atoms with E-state index in [0.717, 1.165) is 28.3 Å². The summed E-state index contributed by atoms with van der Waals surface area (Å²) in [7, 11) is 0. The van der Waals surface area contributed by atoms with Gasteiger partial charge in [-0.2, -0.15) is 0 Å². The first-order valence-corrected chi connectivity index (χ1v) is 13.3. The Hall–Kier alpha value is -3.97. The Morgan fingerprint density at radius 3 is 2.53 bits per heavy atom. The van der Waals surface area contributed by atoms with E-state index < -0.39 is 0 Å². The van der Waals surface area contributed by atoms with Gasteiger partial charge in [-0.05, 0) is 93.0 Å². The third-order valence-corrected chi connectivity index (χ3v) is 7.58. The maximum Gasteiger partial charge on any atom is 0.226 e. The summed E-state index contributed by atoms with van der Waals surface area (Å²) in [6.07, 6.45) is 2.13. The van der Waals surface area contributed by atoms with Gasteiger partial charge in [0, 0.05) is 41.9 Å². The third-order valence-electron chi connectivity index (χ3n) is 7.22. The molecule has 2 atom stereocenters. The fourth-order valence-electron chi connectivity index (χ4n) is 5.43. The third kappa shape index (κ3) is 5.07. The number of nitrogens with zero attached hydrogens (tertiary/aromatic N) is 3. The van der Waals surface area contributed by atoms with E-state index in [1.165, 1.54) is 16.8 Å². The average Bonchev–Trinajstić information content (AvgIpc) is 3.38. The van der Waals surface area contributed by atoms with E-state index in [4.69, 9.17) is 12.2 Å². The molecule has 5 rings (SSSR count). The standard InChI is InChI=1S/C31H33N5OS/c1-20-10-9-12-24(18-20)33-28(37)15-17-35-30(29(34-31(35)38)26-13-7-8-16-32-26)25-19-22(3)36(23(25)4)27-14-6-5-11-21(27)2/h5-14,16,18-19,29-30H,15,17H2,1-4H3,(H,33,37)(H,34,38). The lowest BCUT2D eigenvalue weighted by Gasteiger charge is -2.28. The Morgan fingerprint density at radius 2 is 1.79 bits per heavy atom. The summed E-state index contributed by atoms with van der Waals surface area (Å²) in [5, 5.41) is 7.17. The molecule has 0 aliphatic carbocycles. The van der Waals surface area contributed by atoms with Crippen LogP contribution in [0.5, 0.6) is 0 Å². The van der Waals surface area contributed by atoms with Crippen LogP contribution in [0.25, 0.3) is 5.69 Å². The van der Waals surface area contributed by atoms with Gasteiger partial charge in [-0.25, -0.2) is 0 Å². The molecule has 1 saturated heterocycles. The minimum Gasteiger partial charge on any atom is -0.352 e. The number of benzene rings is 2. The van der Waals surface area contributed by atoms with Gasteiger partial charge >= 0.3 is 0 Å². The van der Waals surface area contributed by atoms with Crippen LogP contribution in [-0.4, -0.2) is 32.0 Å². The number of thiocarbonyl (C=S) groups is 1. The lowest BCUT2D eigenvalue weighted by Crippen LogP contribution is -2.32. The van der Waals surface area contributed by atoms with E-state index in [0.29, 0.717) is 18.1 Å². The summed E-state index contributed by atoms with van der Waals surface area (Å²) in [4.78, 5) is 19.7. The van der Waals surface area contributed by atoms with Crippen molar-refractivity contribution in [2.75, 3.05) is 11.9 Å². The summed E-state index contributed by atoms with van der Waals surface area (Å²) >= 11 is 5.84. The molecule has 2 N–H and O–H groups in total. The zero-order valence-electron chi connectivity index (χ0n) is 22.2. The molecule has 38 heavy (non-hydrogen) atoms. The lowest BCUT2D eigenvalue weighted by atomic mass is 9.96. The predicted molar refractivity (Wildman–Crippen MR) is 157 cm³/mol. The number of carbonyl (C=O) groups excluding carboxylic acids is 1. The Bertz CT molecular complexity index is 1480. The molecule has 2 aromatic carbocycles. The molecule has 7 heteroatoms. The summed E-state index contributed by atoms with van der Waals surface area (Å²) in [5.74, 6) is -0.0381. The van der Waals surface area contributed by atoms with Crippen molar-refractivity contribution >= 4 is 28.9 Å². The monoisotopic (exact) mass is 523 g/mol. The molecule has 6 nitrogen and oxygen atoms in total. The van der Waals surface area contributed by atoms with E-state index in [9.17, 15) is 4.79 Å². The number of hydrogen-bond acceptors (Lipinski definition) is 3. The van der Waals surface area contributed by atoms with Crippen LogP contribution >= 0.6 is 12.2 Å². The highest BCUT2D eigenvalue weighted by atomic mass is 32.1. The molecule has 0 saturated carbocycles. The second-order valence-electron chi connectivity index (χ2n) is 9.94. The summed E-state index contributed by atoms with van der Waals surface area (Å²) in [5.41, 5.74) is 8.70. The molecule has 194 valence electrons. The molecule has 3 heterocycles. The molecule has 0 spiro atoms. The smallest absolute Gasteiger partial charge is 0.226 e. The van der Waals surface area contributed by atoms with Gasteiger partial charge in [0.25, 0.3) is 0 Å². The van der Waals surface area contributed by atoms with E-state index in [1.807, 2.05) is 55.6 Å². The first kappa shape index (κ1) is 25.7. The summed E-state index contributed by atoms with van der Waals surface area (Å²) < 4.78 is 2.31. The first-order valence-electron chi connectivity index (χ1n) is 12.9. The van der Waals surface area contributed by atoms with Crippen LogP contribution in [0.2, 0.25) is 0 Å². The Morgan fingerprint density at radius 1 is 1.00 bits per heavy atom. The van der Waals surface area contributed by atoms with Crippen LogP contribution in [0.3, 0.4) is 0 Å². The van der Waals surface area contributed by atoms with Gasteiger partial charge in [0.2, 0.25) is 5.91 Å². The highest BCUT2D eigenvalue weighted by molar-refractivity contribution is 7.80. The summed E-state index contributed by atoms with van der Waals surface area (Å²) in [6, 6.07) is 24.2. The Kier molecular flexibility index (Phi) is 7.29. The highest BCUT2D eigenvalue weighted by Crippen LogP contribution is 2.41. The molecule has 2 unspecified atom stereocenters. The second kappa shape index (κ2) is 10.8. The Balaban J connectivity index is 1.48. The molecule has 1 fully saturated rings. The lowest BCUT2D eigenvalue weighted by molar-refractivity contribution is -0.116. The number of rotatable bonds is 7. The van der Waals surface area contributed by atoms with Crippen molar-refractivity contribution in [1.29, 1.82) is 0 Å². The average molecular weight is 524 g/mol. The fraction of sp³-hybridized carbons (Fsp3) is 0.258.